The summed E-state index contributed by atoms with van der Waals surface area (Å²) in [5, 5.41) is 0. The van der Waals surface area contributed by atoms with Gasteiger partial charge in [0, 0.05) is 25.2 Å². The highest BCUT2D eigenvalue weighted by atomic mass is 16.7. The second-order valence-corrected chi connectivity index (χ2v) is 4.73. The molecule has 3 nitrogen and oxygen atoms in total. The van der Waals surface area contributed by atoms with Gasteiger partial charge in [-0.25, -0.2) is 0 Å². The Kier molecular flexibility index (Phi) is 4.54. The monoisotopic (exact) mass is 238 g/mol. The van der Waals surface area contributed by atoms with Gasteiger partial charge in [0.05, 0.1) is 7.11 Å². The van der Waals surface area contributed by atoms with Crippen LogP contribution in [0.5, 0.6) is 5.75 Å². The molecule has 0 atom stereocenters. The molecule has 0 saturated heterocycles. The number of ether oxygens (including phenoxy) is 3. The van der Waals surface area contributed by atoms with Crippen LogP contribution >= 0.6 is 0 Å². The molecule has 0 aromatic heterocycles. The Labute approximate surface area is 104 Å². The van der Waals surface area contributed by atoms with Crippen LogP contribution in [0.4, 0.5) is 0 Å². The maximum Gasteiger partial charge on any atom is 0.165 e. The van der Waals surface area contributed by atoms with E-state index in [0.29, 0.717) is 0 Å². The summed E-state index contributed by atoms with van der Waals surface area (Å²) in [4.78, 5) is 0. The van der Waals surface area contributed by atoms with Crippen LogP contribution in [0.3, 0.4) is 0 Å². The molecule has 17 heavy (non-hydrogen) atoms. The van der Waals surface area contributed by atoms with Gasteiger partial charge in [0.1, 0.15) is 5.75 Å². The molecule has 0 amide bonds. The molecule has 0 aliphatic rings. The van der Waals surface area contributed by atoms with E-state index in [0.717, 1.165) is 11.3 Å². The van der Waals surface area contributed by atoms with Gasteiger partial charge in [-0.3, -0.25) is 0 Å². The fraction of sp³-hybridized carbons (Fsp3) is 0.571. The Balaban J connectivity index is 3.21. The average molecular weight is 238 g/mol. The average Bonchev–Trinajstić information content (AvgIpc) is 2.29. The van der Waals surface area contributed by atoms with Crippen molar-refractivity contribution < 1.29 is 14.2 Å². The summed E-state index contributed by atoms with van der Waals surface area (Å²) in [6, 6.07) is 6.17. The number of benzene rings is 1. The van der Waals surface area contributed by atoms with Crippen LogP contribution in [-0.2, 0) is 14.9 Å². The lowest BCUT2D eigenvalue weighted by atomic mass is 9.82. The first-order valence-electron chi connectivity index (χ1n) is 5.68. The Morgan fingerprint density at radius 3 is 2.12 bits per heavy atom. The summed E-state index contributed by atoms with van der Waals surface area (Å²) < 4.78 is 16.2. The minimum Gasteiger partial charge on any atom is -0.496 e. The number of hydrogen-bond acceptors (Lipinski definition) is 3. The summed E-state index contributed by atoms with van der Waals surface area (Å²) in [6.45, 7) is 6.21. The van der Waals surface area contributed by atoms with Gasteiger partial charge in [-0.2, -0.15) is 0 Å². The van der Waals surface area contributed by atoms with Gasteiger partial charge in [0.2, 0.25) is 0 Å². The first-order chi connectivity index (χ1) is 7.97. The minimum atomic E-state index is -0.306. The van der Waals surface area contributed by atoms with Crippen LogP contribution in [0.15, 0.2) is 18.2 Å². The summed E-state index contributed by atoms with van der Waals surface area (Å²) in [6.07, 6.45) is -0.306. The van der Waals surface area contributed by atoms with Gasteiger partial charge in [-0.05, 0) is 18.6 Å². The minimum absolute atomic E-state index is 0.275. The lowest BCUT2D eigenvalue weighted by Gasteiger charge is -2.33. The highest BCUT2D eigenvalue weighted by Gasteiger charge is 2.34. The van der Waals surface area contributed by atoms with E-state index in [1.54, 1.807) is 21.3 Å². The normalized spacial score (nSPS) is 11.9. The van der Waals surface area contributed by atoms with Crippen LogP contribution in [0.2, 0.25) is 0 Å². The maximum atomic E-state index is 5.44. The molecule has 3 heteroatoms. The van der Waals surface area contributed by atoms with E-state index in [1.165, 1.54) is 5.56 Å². The second-order valence-electron chi connectivity index (χ2n) is 4.73. The molecule has 1 aromatic rings. The number of hydrogen-bond donors (Lipinski definition) is 0. The molecule has 0 radical (unpaired) electrons. The Bertz CT molecular complexity index is 368. The molecule has 0 saturated carbocycles. The maximum absolute atomic E-state index is 5.44. The molecule has 0 spiro atoms. The van der Waals surface area contributed by atoms with Crippen LogP contribution in [-0.4, -0.2) is 27.6 Å². The van der Waals surface area contributed by atoms with Crippen LogP contribution in [0.25, 0.3) is 0 Å². The topological polar surface area (TPSA) is 27.7 Å². The van der Waals surface area contributed by atoms with E-state index < -0.39 is 0 Å². The molecule has 1 rings (SSSR count). The van der Waals surface area contributed by atoms with Gasteiger partial charge in [-0.15, -0.1) is 0 Å². The van der Waals surface area contributed by atoms with E-state index in [2.05, 4.69) is 26.0 Å². The third-order valence-corrected chi connectivity index (χ3v) is 3.07. The van der Waals surface area contributed by atoms with Gasteiger partial charge in [0.15, 0.2) is 6.29 Å². The lowest BCUT2D eigenvalue weighted by molar-refractivity contribution is -0.141. The molecule has 0 aliphatic carbocycles. The molecule has 0 heterocycles. The van der Waals surface area contributed by atoms with Crippen molar-refractivity contribution in [3.8, 4) is 5.75 Å². The summed E-state index contributed by atoms with van der Waals surface area (Å²) in [5.74, 6) is 0.870. The molecule has 0 bridgehead atoms. The highest BCUT2D eigenvalue weighted by molar-refractivity contribution is 5.42. The molecule has 96 valence electrons. The highest BCUT2D eigenvalue weighted by Crippen LogP contribution is 2.36. The van der Waals surface area contributed by atoms with Gasteiger partial charge in [0.25, 0.3) is 0 Å². The van der Waals surface area contributed by atoms with E-state index in [-0.39, 0.29) is 11.7 Å². The smallest absolute Gasteiger partial charge is 0.165 e. The van der Waals surface area contributed by atoms with Crippen molar-refractivity contribution in [3.63, 3.8) is 0 Å². The number of methoxy groups -OCH3 is 3. The largest absolute Gasteiger partial charge is 0.496 e. The van der Waals surface area contributed by atoms with Gasteiger partial charge >= 0.3 is 0 Å². The third-order valence-electron chi connectivity index (χ3n) is 3.07. The number of aryl methyl sites for hydroxylation is 1. The summed E-state index contributed by atoms with van der Waals surface area (Å²) in [7, 11) is 4.98. The second kappa shape index (κ2) is 5.52. The first-order valence-corrected chi connectivity index (χ1v) is 5.68. The standard InChI is InChI=1S/C14H22O3/c1-10-7-8-11(12(9-10)15-4)14(2,3)13(16-5)17-6/h7-9,13H,1-6H3. The quantitative estimate of drug-likeness (QED) is 0.738. The van der Waals surface area contributed by atoms with Crippen molar-refractivity contribution in [1.29, 1.82) is 0 Å². The van der Waals surface area contributed by atoms with Gasteiger partial charge < -0.3 is 14.2 Å². The first kappa shape index (κ1) is 14.0. The fourth-order valence-electron chi connectivity index (χ4n) is 2.14. The van der Waals surface area contributed by atoms with Crippen LogP contribution in [0, 0.1) is 6.92 Å². The van der Waals surface area contributed by atoms with Gasteiger partial charge in [-0.1, -0.05) is 26.0 Å². The van der Waals surface area contributed by atoms with Crippen molar-refractivity contribution in [3.05, 3.63) is 29.3 Å². The van der Waals surface area contributed by atoms with E-state index in [9.17, 15) is 0 Å². The zero-order valence-electron chi connectivity index (χ0n) is 11.5. The van der Waals surface area contributed by atoms with Crippen LogP contribution in [0.1, 0.15) is 25.0 Å². The molecule has 0 N–H and O–H groups in total. The summed E-state index contributed by atoms with van der Waals surface area (Å²) in [5.41, 5.74) is 1.98. The predicted octanol–water partition coefficient (Wildman–Crippen LogP) is 2.90. The van der Waals surface area contributed by atoms with E-state index >= 15 is 0 Å². The molecular formula is C14H22O3. The van der Waals surface area contributed by atoms with E-state index in [1.807, 2.05) is 13.0 Å². The molecular weight excluding hydrogens is 216 g/mol. The Hall–Kier alpha value is -1.06. The SMILES string of the molecule is COc1cc(C)ccc1C(C)(C)C(OC)OC. The predicted molar refractivity (Wildman–Crippen MR) is 68.6 cm³/mol. The van der Waals surface area contributed by atoms with Crippen LogP contribution < -0.4 is 4.74 Å². The van der Waals surface area contributed by atoms with Crippen molar-refractivity contribution in [2.24, 2.45) is 0 Å². The molecule has 0 unspecified atom stereocenters. The van der Waals surface area contributed by atoms with E-state index in [4.69, 9.17) is 14.2 Å². The lowest BCUT2D eigenvalue weighted by Crippen LogP contribution is -2.37. The summed E-state index contributed by atoms with van der Waals surface area (Å²) >= 11 is 0. The van der Waals surface area contributed by atoms with Crippen molar-refractivity contribution in [2.75, 3.05) is 21.3 Å². The zero-order chi connectivity index (χ0) is 13.1. The third kappa shape index (κ3) is 2.79. The van der Waals surface area contributed by atoms with Crippen molar-refractivity contribution in [2.45, 2.75) is 32.5 Å². The molecule has 0 aliphatic heterocycles. The molecule has 0 fully saturated rings. The Morgan fingerprint density at radius 1 is 1.06 bits per heavy atom. The van der Waals surface area contributed by atoms with Crippen molar-refractivity contribution in [1.82, 2.24) is 0 Å². The fourth-order valence-corrected chi connectivity index (χ4v) is 2.14. The number of rotatable bonds is 5. The zero-order valence-corrected chi connectivity index (χ0v) is 11.5. The molecule has 1 aromatic carbocycles. The van der Waals surface area contributed by atoms with Crippen molar-refractivity contribution >= 4 is 0 Å². The Morgan fingerprint density at radius 2 is 1.65 bits per heavy atom.